The lowest BCUT2D eigenvalue weighted by molar-refractivity contribution is 0.102. The van der Waals surface area contributed by atoms with E-state index in [9.17, 15) is 0 Å². The standard InChI is InChI=1S/C10H14.C6H10O3.C6H6O/c1-2-3-7-10-8-5-4-6-9-10;1(5-3-8-5)7-2-6-4-9-6;7-6-4-2-1-3-5-6/h4-6,8-9H,2-3,7H2,1H3;5-6H,1-4H2;1-5,7H. The Labute approximate surface area is 156 Å². The van der Waals surface area contributed by atoms with E-state index in [1.807, 2.05) is 6.07 Å². The normalized spacial score (nSPS) is 19.4. The lowest BCUT2D eigenvalue weighted by atomic mass is 10.1. The Hall–Kier alpha value is -1.88. The number of hydrogen-bond acceptors (Lipinski definition) is 4. The zero-order valence-corrected chi connectivity index (χ0v) is 15.5. The summed E-state index contributed by atoms with van der Waals surface area (Å²) >= 11 is 0. The van der Waals surface area contributed by atoms with Gasteiger partial charge in [0.1, 0.15) is 18.0 Å². The van der Waals surface area contributed by atoms with Crippen molar-refractivity contribution in [1.82, 2.24) is 0 Å². The minimum absolute atomic E-state index is 0.322. The molecule has 0 aliphatic carbocycles. The Morgan fingerprint density at radius 1 is 0.885 bits per heavy atom. The molecule has 26 heavy (non-hydrogen) atoms. The van der Waals surface area contributed by atoms with Crippen LogP contribution < -0.4 is 0 Å². The molecule has 2 aliphatic rings. The lowest BCUT2D eigenvalue weighted by Gasteiger charge is -1.96. The van der Waals surface area contributed by atoms with Crippen LogP contribution in [-0.4, -0.2) is 43.7 Å². The molecule has 2 heterocycles. The number of benzene rings is 2. The predicted molar refractivity (Wildman–Crippen MR) is 103 cm³/mol. The van der Waals surface area contributed by atoms with E-state index in [4.69, 9.17) is 19.3 Å². The highest BCUT2D eigenvalue weighted by Gasteiger charge is 2.26. The highest BCUT2D eigenvalue weighted by Crippen LogP contribution is 2.12. The molecule has 1 N–H and O–H groups in total. The number of rotatable bonds is 7. The van der Waals surface area contributed by atoms with Gasteiger partial charge in [-0.05, 0) is 30.5 Å². The molecule has 2 aromatic rings. The molecule has 2 atom stereocenters. The molecule has 4 heteroatoms. The van der Waals surface area contributed by atoms with Crippen molar-refractivity contribution < 1.29 is 19.3 Å². The molecule has 0 saturated carbocycles. The maximum atomic E-state index is 8.63. The average Bonchev–Trinajstić information content (AvgIpc) is 3.59. The summed E-state index contributed by atoms with van der Waals surface area (Å²) in [7, 11) is 0. The summed E-state index contributed by atoms with van der Waals surface area (Å²) in [6, 6.07) is 19.4. The highest BCUT2D eigenvalue weighted by atomic mass is 16.6. The van der Waals surface area contributed by atoms with Gasteiger partial charge >= 0.3 is 0 Å². The van der Waals surface area contributed by atoms with Crippen LogP contribution in [0.15, 0.2) is 60.7 Å². The predicted octanol–water partition coefficient (Wildman–Crippen LogP) is 4.22. The van der Waals surface area contributed by atoms with Crippen molar-refractivity contribution in [2.75, 3.05) is 26.4 Å². The number of phenols is 1. The number of epoxide rings is 2. The molecule has 0 amide bonds. The third kappa shape index (κ3) is 10.9. The third-order valence-electron chi connectivity index (χ3n) is 3.83. The SMILES string of the molecule is C(OCC1CO1)C1CO1.CCCCc1ccccc1.Oc1ccccc1. The lowest BCUT2D eigenvalue weighted by Crippen LogP contribution is -2.06. The second-order valence-electron chi connectivity index (χ2n) is 6.37. The second kappa shape index (κ2) is 12.5. The summed E-state index contributed by atoms with van der Waals surface area (Å²) in [5.41, 5.74) is 1.46. The van der Waals surface area contributed by atoms with Gasteiger partial charge in [0, 0.05) is 0 Å². The summed E-state index contributed by atoms with van der Waals surface area (Å²) < 4.78 is 15.1. The van der Waals surface area contributed by atoms with Crippen LogP contribution in [-0.2, 0) is 20.6 Å². The van der Waals surface area contributed by atoms with E-state index < -0.39 is 0 Å². The molecular formula is C22H30O4. The molecule has 2 aromatic carbocycles. The van der Waals surface area contributed by atoms with Gasteiger partial charge in [-0.3, -0.25) is 0 Å². The van der Waals surface area contributed by atoms with Gasteiger partial charge < -0.3 is 19.3 Å². The zero-order valence-electron chi connectivity index (χ0n) is 15.5. The Balaban J connectivity index is 0.000000142. The fourth-order valence-electron chi connectivity index (χ4n) is 2.11. The molecule has 0 bridgehead atoms. The molecule has 0 radical (unpaired) electrons. The number of aromatic hydroxyl groups is 1. The van der Waals surface area contributed by atoms with Gasteiger partial charge in [-0.2, -0.15) is 0 Å². The first-order chi connectivity index (χ1) is 12.8. The smallest absolute Gasteiger partial charge is 0.115 e. The summed E-state index contributed by atoms with van der Waals surface area (Å²) in [5, 5.41) is 8.63. The average molecular weight is 358 g/mol. The van der Waals surface area contributed by atoms with Gasteiger partial charge in [0.05, 0.1) is 26.4 Å². The first kappa shape index (κ1) is 20.4. The molecule has 2 saturated heterocycles. The third-order valence-corrected chi connectivity index (χ3v) is 3.83. The molecular weight excluding hydrogens is 328 g/mol. The summed E-state index contributed by atoms with van der Waals surface area (Å²) in [6.45, 7) is 5.49. The van der Waals surface area contributed by atoms with Crippen molar-refractivity contribution in [1.29, 1.82) is 0 Å². The Morgan fingerprint density at radius 2 is 1.38 bits per heavy atom. The van der Waals surface area contributed by atoms with Crippen molar-refractivity contribution in [2.45, 2.75) is 38.4 Å². The molecule has 2 aliphatic heterocycles. The van der Waals surface area contributed by atoms with Crippen LogP contribution in [0.25, 0.3) is 0 Å². The molecule has 4 rings (SSSR count). The topological polar surface area (TPSA) is 54.5 Å². The van der Waals surface area contributed by atoms with E-state index in [2.05, 4.69) is 37.3 Å². The highest BCUT2D eigenvalue weighted by molar-refractivity contribution is 5.18. The first-order valence-electron chi connectivity index (χ1n) is 9.36. The van der Waals surface area contributed by atoms with Gasteiger partial charge in [-0.1, -0.05) is 61.9 Å². The number of phenolic OH excluding ortho intramolecular Hbond substituents is 1. The number of hydrogen-bond donors (Lipinski definition) is 1. The second-order valence-corrected chi connectivity index (χ2v) is 6.37. The van der Waals surface area contributed by atoms with E-state index >= 15 is 0 Å². The number of aryl methyl sites for hydroxylation is 1. The van der Waals surface area contributed by atoms with Crippen LogP contribution in [0, 0.1) is 0 Å². The van der Waals surface area contributed by atoms with Crippen molar-refractivity contribution in [2.24, 2.45) is 0 Å². The van der Waals surface area contributed by atoms with Crippen molar-refractivity contribution >= 4 is 0 Å². The minimum atomic E-state index is 0.322. The summed E-state index contributed by atoms with van der Waals surface area (Å²) in [6.07, 6.45) is 4.61. The van der Waals surface area contributed by atoms with Crippen molar-refractivity contribution in [3.05, 3.63) is 66.2 Å². The molecule has 142 valence electrons. The van der Waals surface area contributed by atoms with Crippen LogP contribution in [0.4, 0.5) is 0 Å². The molecule has 2 unspecified atom stereocenters. The van der Waals surface area contributed by atoms with Crippen molar-refractivity contribution in [3.63, 3.8) is 0 Å². The first-order valence-corrected chi connectivity index (χ1v) is 9.36. The minimum Gasteiger partial charge on any atom is -0.508 e. The van der Waals surface area contributed by atoms with Gasteiger partial charge in [0.2, 0.25) is 0 Å². The van der Waals surface area contributed by atoms with Gasteiger partial charge in [0.15, 0.2) is 0 Å². The van der Waals surface area contributed by atoms with E-state index in [0.717, 1.165) is 26.4 Å². The number of para-hydroxylation sites is 1. The molecule has 4 nitrogen and oxygen atoms in total. The summed E-state index contributed by atoms with van der Waals surface area (Å²) in [4.78, 5) is 0. The summed E-state index contributed by atoms with van der Waals surface area (Å²) in [5.74, 6) is 0.322. The van der Waals surface area contributed by atoms with Crippen LogP contribution in [0.1, 0.15) is 25.3 Å². The number of ether oxygens (including phenoxy) is 3. The maximum absolute atomic E-state index is 8.63. The van der Waals surface area contributed by atoms with Gasteiger partial charge in [0.25, 0.3) is 0 Å². The van der Waals surface area contributed by atoms with Crippen LogP contribution >= 0.6 is 0 Å². The maximum Gasteiger partial charge on any atom is 0.115 e. The van der Waals surface area contributed by atoms with Crippen LogP contribution in [0.2, 0.25) is 0 Å². The monoisotopic (exact) mass is 358 g/mol. The Morgan fingerprint density at radius 3 is 1.77 bits per heavy atom. The fraction of sp³-hybridized carbons (Fsp3) is 0.455. The molecule has 2 fully saturated rings. The van der Waals surface area contributed by atoms with Crippen LogP contribution in [0.3, 0.4) is 0 Å². The van der Waals surface area contributed by atoms with E-state index in [0.29, 0.717) is 18.0 Å². The Bertz CT molecular complexity index is 553. The van der Waals surface area contributed by atoms with E-state index in [1.165, 1.54) is 24.8 Å². The van der Waals surface area contributed by atoms with Gasteiger partial charge in [-0.25, -0.2) is 0 Å². The van der Waals surface area contributed by atoms with E-state index in [1.54, 1.807) is 24.3 Å². The van der Waals surface area contributed by atoms with Gasteiger partial charge in [-0.15, -0.1) is 0 Å². The number of unbranched alkanes of at least 4 members (excludes halogenated alkanes) is 1. The zero-order chi connectivity index (χ0) is 18.5. The van der Waals surface area contributed by atoms with E-state index in [-0.39, 0.29) is 0 Å². The van der Waals surface area contributed by atoms with Crippen molar-refractivity contribution in [3.8, 4) is 5.75 Å². The Kier molecular flexibility index (Phi) is 9.80. The molecule has 0 spiro atoms. The largest absolute Gasteiger partial charge is 0.508 e. The quantitative estimate of drug-likeness (QED) is 0.753. The molecule has 0 aromatic heterocycles. The van der Waals surface area contributed by atoms with Crippen LogP contribution in [0.5, 0.6) is 5.75 Å². The fourth-order valence-corrected chi connectivity index (χ4v) is 2.11.